The van der Waals surface area contributed by atoms with Crippen molar-refractivity contribution in [3.05, 3.63) is 23.9 Å². The normalized spacial score (nSPS) is 48.4. The lowest BCUT2D eigenvalue weighted by Crippen LogP contribution is -2.57. The number of aliphatic hydroxyl groups is 1. The Balaban J connectivity index is 1.18. The van der Waals surface area contributed by atoms with Crippen molar-refractivity contribution < 1.29 is 14.6 Å². The summed E-state index contributed by atoms with van der Waals surface area (Å²) in [6.07, 6.45) is 13.4. The van der Waals surface area contributed by atoms with Crippen molar-refractivity contribution in [1.29, 1.82) is 0 Å². The van der Waals surface area contributed by atoms with Gasteiger partial charge in [-0.05, 0) is 109 Å². The zero-order valence-electron chi connectivity index (χ0n) is 21.1. The lowest BCUT2D eigenvalue weighted by molar-refractivity contribution is -0.161. The highest BCUT2D eigenvalue weighted by Gasteiger charge is 2.77. The Morgan fingerprint density at radius 2 is 1.97 bits per heavy atom. The van der Waals surface area contributed by atoms with E-state index in [0.29, 0.717) is 34.1 Å². The Labute approximate surface area is 199 Å². The molecule has 1 aromatic heterocycles. The molecule has 1 spiro atoms. The lowest BCUT2D eigenvalue weighted by atomic mass is 9.45. The lowest BCUT2D eigenvalue weighted by Gasteiger charge is -2.61. The third kappa shape index (κ3) is 2.98. The number of aromatic nitrogens is 1. The maximum absolute atomic E-state index is 9.24. The first-order valence-corrected chi connectivity index (χ1v) is 13.6. The topological polar surface area (TPSA) is 51.6 Å². The SMILES string of the molecule is COC1C[C@H]2[C@@H]3CC[C@H]([C@H](C)COc4ccc(CO)cn4)[C@@]3(C)CC[C@@H]2[C@@]2(C)CCC3C[C@]312. The smallest absolute Gasteiger partial charge is 0.213 e. The van der Waals surface area contributed by atoms with Crippen molar-refractivity contribution in [1.82, 2.24) is 4.98 Å². The molecular formula is C29H43NO3. The standard InChI is InChI=1S/C29H43NO3/c1-18(17-33-26-8-5-19(16-31)15-30-26)22-6-7-23-21-13-25(32-4)29-14-20(29)9-12-28(29,3)24(21)10-11-27(22,23)2/h5,8,15,18,20-25,31H,6-7,9-14,16-17H2,1-4H3/t18-,20?,21+,22-,23+,24+,25?,27-,28-,29+/m1/s1. The predicted molar refractivity (Wildman–Crippen MR) is 129 cm³/mol. The zero-order chi connectivity index (χ0) is 23.0. The monoisotopic (exact) mass is 453 g/mol. The second-order valence-electron chi connectivity index (χ2n) is 12.9. The van der Waals surface area contributed by atoms with Crippen LogP contribution in [0.2, 0.25) is 0 Å². The number of pyridine rings is 1. The molecule has 5 fully saturated rings. The molecule has 0 aromatic carbocycles. The van der Waals surface area contributed by atoms with E-state index in [-0.39, 0.29) is 6.61 Å². The second kappa shape index (κ2) is 7.68. The van der Waals surface area contributed by atoms with E-state index in [1.54, 1.807) is 6.20 Å². The molecule has 0 bridgehead atoms. The third-order valence-corrected chi connectivity index (χ3v) is 12.1. The predicted octanol–water partition coefficient (Wildman–Crippen LogP) is 5.87. The van der Waals surface area contributed by atoms with Crippen molar-refractivity contribution >= 4 is 0 Å². The first-order chi connectivity index (χ1) is 15.9. The van der Waals surface area contributed by atoms with Gasteiger partial charge in [-0.3, -0.25) is 0 Å². The molecule has 0 radical (unpaired) electrons. The van der Waals surface area contributed by atoms with Gasteiger partial charge in [-0.1, -0.05) is 20.8 Å². The summed E-state index contributed by atoms with van der Waals surface area (Å²) >= 11 is 0. The van der Waals surface area contributed by atoms with E-state index in [1.807, 2.05) is 19.2 Å². The molecule has 182 valence electrons. The van der Waals surface area contributed by atoms with Crippen molar-refractivity contribution in [3.8, 4) is 5.88 Å². The molecule has 4 nitrogen and oxygen atoms in total. The van der Waals surface area contributed by atoms with E-state index >= 15 is 0 Å². The highest BCUT2D eigenvalue weighted by Crippen LogP contribution is 2.82. The van der Waals surface area contributed by atoms with Crippen LogP contribution in [-0.4, -0.2) is 29.9 Å². The van der Waals surface area contributed by atoms with Gasteiger partial charge in [-0.15, -0.1) is 0 Å². The molecule has 6 rings (SSSR count). The first kappa shape index (κ1) is 22.3. The number of ether oxygens (including phenoxy) is 2. The fourth-order valence-corrected chi connectivity index (χ4v) is 10.5. The summed E-state index contributed by atoms with van der Waals surface area (Å²) in [4.78, 5) is 4.37. The van der Waals surface area contributed by atoms with Gasteiger partial charge in [0, 0.05) is 24.8 Å². The molecule has 1 N–H and O–H groups in total. The Hall–Kier alpha value is -1.13. The first-order valence-electron chi connectivity index (χ1n) is 13.6. The van der Waals surface area contributed by atoms with Gasteiger partial charge in [0.05, 0.1) is 19.3 Å². The van der Waals surface area contributed by atoms with Crippen LogP contribution < -0.4 is 4.74 Å². The van der Waals surface area contributed by atoms with E-state index in [1.165, 1.54) is 51.4 Å². The quantitative estimate of drug-likeness (QED) is 0.585. The maximum atomic E-state index is 9.24. The second-order valence-corrected chi connectivity index (χ2v) is 12.9. The summed E-state index contributed by atoms with van der Waals surface area (Å²) < 4.78 is 12.4. The maximum Gasteiger partial charge on any atom is 0.213 e. The molecule has 0 aliphatic heterocycles. The summed E-state index contributed by atoms with van der Waals surface area (Å²) in [6, 6.07) is 3.79. The number of fused-ring (bicyclic) bond motifs is 4. The van der Waals surface area contributed by atoms with Crippen molar-refractivity contribution in [3.63, 3.8) is 0 Å². The molecule has 1 heterocycles. The Bertz CT molecular complexity index is 887. The number of nitrogens with zero attached hydrogens (tertiary/aromatic N) is 1. The van der Waals surface area contributed by atoms with E-state index in [9.17, 15) is 5.11 Å². The molecule has 5 saturated carbocycles. The highest BCUT2D eigenvalue weighted by molar-refractivity contribution is 5.26. The summed E-state index contributed by atoms with van der Waals surface area (Å²) in [5.74, 6) is 5.48. The number of hydrogen-bond acceptors (Lipinski definition) is 4. The molecule has 2 unspecified atom stereocenters. The van der Waals surface area contributed by atoms with Gasteiger partial charge in [0.25, 0.3) is 0 Å². The Morgan fingerprint density at radius 3 is 2.67 bits per heavy atom. The van der Waals surface area contributed by atoms with Crippen LogP contribution >= 0.6 is 0 Å². The van der Waals surface area contributed by atoms with Crippen LogP contribution in [0.1, 0.15) is 77.7 Å². The Morgan fingerprint density at radius 1 is 1.12 bits per heavy atom. The molecule has 0 saturated heterocycles. The van der Waals surface area contributed by atoms with Crippen LogP contribution in [0.25, 0.3) is 0 Å². The van der Waals surface area contributed by atoms with Crippen molar-refractivity contribution in [2.24, 2.45) is 51.8 Å². The summed E-state index contributed by atoms with van der Waals surface area (Å²) in [5, 5.41) is 9.24. The molecule has 5 aliphatic carbocycles. The fraction of sp³-hybridized carbons (Fsp3) is 0.828. The van der Waals surface area contributed by atoms with Gasteiger partial charge in [-0.2, -0.15) is 0 Å². The van der Waals surface area contributed by atoms with Gasteiger partial charge in [0.15, 0.2) is 0 Å². The van der Waals surface area contributed by atoms with Crippen LogP contribution in [0.5, 0.6) is 5.88 Å². The van der Waals surface area contributed by atoms with Crippen LogP contribution in [0.4, 0.5) is 0 Å². The molecular weight excluding hydrogens is 410 g/mol. The van der Waals surface area contributed by atoms with Gasteiger partial charge in [0.2, 0.25) is 5.88 Å². The molecule has 1 aromatic rings. The van der Waals surface area contributed by atoms with Gasteiger partial charge in [-0.25, -0.2) is 4.98 Å². The number of hydrogen-bond donors (Lipinski definition) is 1. The van der Waals surface area contributed by atoms with Crippen LogP contribution in [0.15, 0.2) is 18.3 Å². The van der Waals surface area contributed by atoms with E-state index in [4.69, 9.17) is 9.47 Å². The molecule has 0 amide bonds. The largest absolute Gasteiger partial charge is 0.477 e. The van der Waals surface area contributed by atoms with E-state index < -0.39 is 0 Å². The van der Waals surface area contributed by atoms with Gasteiger partial charge in [0.1, 0.15) is 0 Å². The molecule has 5 aliphatic rings. The minimum absolute atomic E-state index is 0.0262. The summed E-state index contributed by atoms with van der Waals surface area (Å²) in [7, 11) is 1.99. The minimum atomic E-state index is 0.0262. The Kier molecular flexibility index (Phi) is 5.20. The molecule has 33 heavy (non-hydrogen) atoms. The van der Waals surface area contributed by atoms with Gasteiger partial charge >= 0.3 is 0 Å². The highest BCUT2D eigenvalue weighted by atomic mass is 16.5. The average Bonchev–Trinajstić information content (AvgIpc) is 3.33. The number of methoxy groups -OCH3 is 1. The molecule has 10 atom stereocenters. The van der Waals surface area contributed by atoms with Crippen molar-refractivity contribution in [2.75, 3.05) is 13.7 Å². The summed E-state index contributed by atoms with van der Waals surface area (Å²) in [6.45, 7) is 8.45. The minimum Gasteiger partial charge on any atom is -0.477 e. The zero-order valence-corrected chi connectivity index (χ0v) is 21.1. The van der Waals surface area contributed by atoms with Crippen LogP contribution in [0, 0.1) is 51.8 Å². The molecule has 4 heteroatoms. The van der Waals surface area contributed by atoms with E-state index in [0.717, 1.165) is 41.8 Å². The number of aliphatic hydroxyl groups excluding tert-OH is 1. The van der Waals surface area contributed by atoms with Crippen LogP contribution in [0.3, 0.4) is 0 Å². The average molecular weight is 454 g/mol. The summed E-state index contributed by atoms with van der Waals surface area (Å²) in [5.41, 5.74) is 2.30. The number of rotatable bonds is 6. The van der Waals surface area contributed by atoms with Gasteiger partial charge < -0.3 is 14.6 Å². The third-order valence-electron chi connectivity index (χ3n) is 12.1. The fourth-order valence-electron chi connectivity index (χ4n) is 10.5. The van der Waals surface area contributed by atoms with Crippen molar-refractivity contribution in [2.45, 2.75) is 84.8 Å². The van der Waals surface area contributed by atoms with E-state index in [2.05, 4.69) is 25.8 Å². The van der Waals surface area contributed by atoms with Crippen LogP contribution in [-0.2, 0) is 11.3 Å².